The normalized spacial score (nSPS) is 12.6. The van der Waals surface area contributed by atoms with Crippen LogP contribution < -0.4 is 5.73 Å². The Bertz CT molecular complexity index is 555. The Morgan fingerprint density at radius 3 is 2.43 bits per heavy atom. The summed E-state index contributed by atoms with van der Waals surface area (Å²) in [4.78, 5) is 6.65. The van der Waals surface area contributed by atoms with E-state index in [0.29, 0.717) is 16.6 Å². The van der Waals surface area contributed by atoms with Gasteiger partial charge in [0.2, 0.25) is 0 Å². The second-order valence-electron chi connectivity index (χ2n) is 4.84. The molecule has 0 fully saturated rings. The van der Waals surface area contributed by atoms with Crippen molar-refractivity contribution in [2.75, 3.05) is 13.1 Å². The number of pyridine rings is 1. The minimum Gasteiger partial charge on any atom is -0.329 e. The van der Waals surface area contributed by atoms with Crippen LogP contribution >= 0.6 is 23.2 Å². The molecule has 1 atom stereocenters. The number of rotatable bonds is 6. The number of nitrogens with two attached hydrogens (primary N) is 1. The predicted molar refractivity (Wildman–Crippen MR) is 88.6 cm³/mol. The van der Waals surface area contributed by atoms with Crippen molar-refractivity contribution >= 4 is 23.2 Å². The third-order valence-corrected chi connectivity index (χ3v) is 3.87. The van der Waals surface area contributed by atoms with Crippen molar-refractivity contribution in [1.82, 2.24) is 9.88 Å². The van der Waals surface area contributed by atoms with Gasteiger partial charge >= 0.3 is 0 Å². The largest absolute Gasteiger partial charge is 0.329 e. The molecule has 21 heavy (non-hydrogen) atoms. The predicted octanol–water partition coefficient (Wildman–Crippen LogP) is 3.91. The Balaban J connectivity index is 2.24. The van der Waals surface area contributed by atoms with Gasteiger partial charge < -0.3 is 5.73 Å². The minimum atomic E-state index is 0.0632. The molecule has 3 nitrogen and oxygen atoms in total. The molecule has 0 spiro atoms. The Kier molecular flexibility index (Phi) is 6.00. The maximum absolute atomic E-state index is 6.10. The van der Waals surface area contributed by atoms with Crippen molar-refractivity contribution in [2.24, 2.45) is 5.73 Å². The summed E-state index contributed by atoms with van der Waals surface area (Å²) in [6.45, 7) is 4.21. The summed E-state index contributed by atoms with van der Waals surface area (Å²) in [5.74, 6) is 0. The second kappa shape index (κ2) is 7.76. The molecule has 112 valence electrons. The van der Waals surface area contributed by atoms with Crippen molar-refractivity contribution in [3.63, 3.8) is 0 Å². The molecule has 1 heterocycles. The lowest BCUT2D eigenvalue weighted by molar-refractivity contribution is 0.201. The molecule has 0 amide bonds. The number of hydrogen-bond acceptors (Lipinski definition) is 3. The Labute approximate surface area is 135 Å². The first-order valence-electron chi connectivity index (χ1n) is 6.94. The van der Waals surface area contributed by atoms with Gasteiger partial charge in [-0.05, 0) is 42.4 Å². The highest BCUT2D eigenvalue weighted by Crippen LogP contribution is 2.27. The van der Waals surface area contributed by atoms with Gasteiger partial charge in [0.25, 0.3) is 0 Å². The summed E-state index contributed by atoms with van der Waals surface area (Å²) < 4.78 is 0. The van der Waals surface area contributed by atoms with Crippen LogP contribution in [-0.2, 0) is 6.54 Å². The fraction of sp³-hybridized carbons (Fsp3) is 0.312. The third kappa shape index (κ3) is 4.42. The van der Waals surface area contributed by atoms with E-state index in [9.17, 15) is 0 Å². The number of hydrogen-bond donors (Lipinski definition) is 1. The quantitative estimate of drug-likeness (QED) is 0.876. The van der Waals surface area contributed by atoms with Gasteiger partial charge in [-0.25, -0.2) is 0 Å². The first-order chi connectivity index (χ1) is 10.1. The number of nitrogens with zero attached hydrogens (tertiary/aromatic N) is 2. The summed E-state index contributed by atoms with van der Waals surface area (Å²) in [5.41, 5.74) is 8.04. The molecule has 0 aliphatic carbocycles. The van der Waals surface area contributed by atoms with Crippen molar-refractivity contribution in [2.45, 2.75) is 19.5 Å². The zero-order valence-corrected chi connectivity index (χ0v) is 13.5. The van der Waals surface area contributed by atoms with Crippen LogP contribution in [0.2, 0.25) is 10.0 Å². The fourth-order valence-electron chi connectivity index (χ4n) is 2.41. The van der Waals surface area contributed by atoms with E-state index in [1.54, 1.807) is 12.3 Å². The van der Waals surface area contributed by atoms with Crippen LogP contribution in [-0.4, -0.2) is 23.0 Å². The maximum Gasteiger partial charge on any atom is 0.0544 e. The van der Waals surface area contributed by atoms with Gasteiger partial charge in [0, 0.05) is 35.4 Å². The summed E-state index contributed by atoms with van der Waals surface area (Å²) in [6, 6.07) is 11.6. The van der Waals surface area contributed by atoms with E-state index in [-0.39, 0.29) is 6.04 Å². The third-order valence-electron chi connectivity index (χ3n) is 3.43. The van der Waals surface area contributed by atoms with Crippen LogP contribution in [0.15, 0.2) is 42.6 Å². The summed E-state index contributed by atoms with van der Waals surface area (Å²) in [7, 11) is 0. The standard InChI is InChI=1S/C16H19Cl2N3/c1-2-21(11-15-5-3-4-6-20-15)16(10-19)12-7-13(17)9-14(18)8-12/h3-9,16H,2,10-11,19H2,1H3. The van der Waals surface area contributed by atoms with Crippen LogP contribution in [0.5, 0.6) is 0 Å². The number of benzene rings is 1. The highest BCUT2D eigenvalue weighted by Gasteiger charge is 2.19. The number of likely N-dealkylation sites (N-methyl/N-ethyl adjacent to an activating group) is 1. The molecule has 0 saturated carbocycles. The molecule has 2 rings (SSSR count). The molecule has 0 saturated heterocycles. The van der Waals surface area contributed by atoms with E-state index in [0.717, 1.165) is 24.3 Å². The fourth-order valence-corrected chi connectivity index (χ4v) is 2.95. The van der Waals surface area contributed by atoms with Crippen molar-refractivity contribution in [3.8, 4) is 0 Å². The van der Waals surface area contributed by atoms with Crippen molar-refractivity contribution < 1.29 is 0 Å². The molecule has 1 aromatic heterocycles. The van der Waals surface area contributed by atoms with Crippen LogP contribution in [0.25, 0.3) is 0 Å². The smallest absolute Gasteiger partial charge is 0.0544 e. The van der Waals surface area contributed by atoms with E-state index in [4.69, 9.17) is 28.9 Å². The average Bonchev–Trinajstić information content (AvgIpc) is 2.47. The van der Waals surface area contributed by atoms with Crippen LogP contribution in [0.1, 0.15) is 24.2 Å². The van der Waals surface area contributed by atoms with E-state index in [1.165, 1.54) is 0 Å². The lowest BCUT2D eigenvalue weighted by Gasteiger charge is -2.30. The summed E-state index contributed by atoms with van der Waals surface area (Å²) in [6.07, 6.45) is 1.80. The topological polar surface area (TPSA) is 42.2 Å². The lowest BCUT2D eigenvalue weighted by atomic mass is 10.0. The highest BCUT2D eigenvalue weighted by atomic mass is 35.5. The zero-order chi connectivity index (χ0) is 15.2. The molecule has 0 radical (unpaired) electrons. The Hall–Kier alpha value is -1.13. The summed E-state index contributed by atoms with van der Waals surface area (Å²) in [5, 5.41) is 1.26. The zero-order valence-electron chi connectivity index (χ0n) is 12.0. The molecule has 2 N–H and O–H groups in total. The molecule has 0 bridgehead atoms. The van der Waals surface area contributed by atoms with Gasteiger partial charge in [-0.3, -0.25) is 9.88 Å². The molecular formula is C16H19Cl2N3. The van der Waals surface area contributed by atoms with Crippen LogP contribution in [0.4, 0.5) is 0 Å². The van der Waals surface area contributed by atoms with E-state index in [2.05, 4.69) is 16.8 Å². The van der Waals surface area contributed by atoms with Gasteiger partial charge in [0.1, 0.15) is 0 Å². The van der Waals surface area contributed by atoms with Gasteiger partial charge in [0.05, 0.1) is 5.69 Å². The first kappa shape index (κ1) is 16.2. The lowest BCUT2D eigenvalue weighted by Crippen LogP contribution is -2.33. The number of aromatic nitrogens is 1. The van der Waals surface area contributed by atoms with E-state index >= 15 is 0 Å². The Morgan fingerprint density at radius 1 is 1.19 bits per heavy atom. The van der Waals surface area contributed by atoms with Gasteiger partial charge in [-0.2, -0.15) is 0 Å². The van der Waals surface area contributed by atoms with Crippen molar-refractivity contribution in [3.05, 3.63) is 63.9 Å². The molecule has 5 heteroatoms. The van der Waals surface area contributed by atoms with E-state index in [1.807, 2.05) is 30.3 Å². The molecule has 1 unspecified atom stereocenters. The molecule has 0 aliphatic rings. The van der Waals surface area contributed by atoms with Gasteiger partial charge in [-0.15, -0.1) is 0 Å². The Morgan fingerprint density at radius 2 is 1.90 bits per heavy atom. The monoisotopic (exact) mass is 323 g/mol. The molecule has 0 aliphatic heterocycles. The van der Waals surface area contributed by atoms with Gasteiger partial charge in [-0.1, -0.05) is 36.2 Å². The average molecular weight is 324 g/mol. The van der Waals surface area contributed by atoms with E-state index < -0.39 is 0 Å². The SMILES string of the molecule is CCN(Cc1ccccn1)C(CN)c1cc(Cl)cc(Cl)c1. The molecular weight excluding hydrogens is 305 g/mol. The number of halogens is 2. The van der Waals surface area contributed by atoms with Gasteiger partial charge in [0.15, 0.2) is 0 Å². The summed E-state index contributed by atoms with van der Waals surface area (Å²) >= 11 is 12.2. The minimum absolute atomic E-state index is 0.0632. The van der Waals surface area contributed by atoms with Crippen molar-refractivity contribution in [1.29, 1.82) is 0 Å². The van der Waals surface area contributed by atoms with Crippen LogP contribution in [0, 0.1) is 0 Å². The molecule has 2 aromatic rings. The highest BCUT2D eigenvalue weighted by molar-refractivity contribution is 6.34. The molecule has 1 aromatic carbocycles. The second-order valence-corrected chi connectivity index (χ2v) is 5.71. The first-order valence-corrected chi connectivity index (χ1v) is 7.69. The maximum atomic E-state index is 6.10. The van der Waals surface area contributed by atoms with Crippen LogP contribution in [0.3, 0.4) is 0 Å².